The summed E-state index contributed by atoms with van der Waals surface area (Å²) in [6, 6.07) is 21.3. The van der Waals surface area contributed by atoms with E-state index in [1.807, 2.05) is 19.1 Å². The lowest BCUT2D eigenvalue weighted by Crippen LogP contribution is -2.23. The Morgan fingerprint density at radius 1 is 0.839 bits per heavy atom. The minimum absolute atomic E-state index is 0.00854. The molecule has 0 spiro atoms. The van der Waals surface area contributed by atoms with Gasteiger partial charge < -0.3 is 25.4 Å². The van der Waals surface area contributed by atoms with E-state index in [0.717, 1.165) is 5.75 Å². The van der Waals surface area contributed by atoms with Gasteiger partial charge in [0, 0.05) is 11.4 Å². The van der Waals surface area contributed by atoms with Crippen molar-refractivity contribution in [2.24, 2.45) is 0 Å². The van der Waals surface area contributed by atoms with Gasteiger partial charge in [-0.05, 0) is 55.5 Å². The van der Waals surface area contributed by atoms with E-state index in [4.69, 9.17) is 9.47 Å². The minimum atomic E-state index is -0.280. The number of nitrogens with one attached hydrogen (secondary N) is 3. The molecule has 0 aliphatic rings. The topological polar surface area (TPSA) is 88.7 Å². The average Bonchev–Trinajstić information content (AvgIpc) is 2.79. The first-order chi connectivity index (χ1) is 15.1. The largest absolute Gasteiger partial charge is 0.495 e. The van der Waals surface area contributed by atoms with E-state index in [2.05, 4.69) is 16.0 Å². The summed E-state index contributed by atoms with van der Waals surface area (Å²) in [4.78, 5) is 25.1. The third kappa shape index (κ3) is 5.99. The third-order valence-electron chi connectivity index (χ3n) is 4.42. The molecule has 0 aromatic heterocycles. The molecule has 3 N–H and O–H groups in total. The van der Waals surface area contributed by atoms with E-state index >= 15 is 0 Å². The van der Waals surface area contributed by atoms with Crippen molar-refractivity contribution in [1.29, 1.82) is 0 Å². The van der Waals surface area contributed by atoms with Gasteiger partial charge in [-0.25, -0.2) is 0 Å². The standard InChI is InChI=1S/C24H25N3O4/c1-3-31-18-14-12-17(13-15-18)26-24(29)19-8-4-5-9-20(19)25-16-23(28)27-21-10-6-7-11-22(21)30-2/h4-15,25H,3,16H2,1-2H3,(H,26,29)(H,27,28). The number of hydrogen-bond acceptors (Lipinski definition) is 5. The second-order valence-electron chi connectivity index (χ2n) is 6.56. The van der Waals surface area contributed by atoms with E-state index in [1.165, 1.54) is 0 Å². The number of rotatable bonds is 9. The zero-order chi connectivity index (χ0) is 22.1. The van der Waals surface area contributed by atoms with Gasteiger partial charge in [0.15, 0.2) is 0 Å². The van der Waals surface area contributed by atoms with Crippen LogP contribution in [0.3, 0.4) is 0 Å². The number of benzene rings is 3. The fourth-order valence-electron chi connectivity index (χ4n) is 2.95. The summed E-state index contributed by atoms with van der Waals surface area (Å²) in [5.41, 5.74) is 2.22. The molecule has 0 heterocycles. The smallest absolute Gasteiger partial charge is 0.257 e. The van der Waals surface area contributed by atoms with Crippen LogP contribution in [0.4, 0.5) is 17.1 Å². The molecular weight excluding hydrogens is 394 g/mol. The predicted octanol–water partition coefficient (Wildman–Crippen LogP) is 4.40. The molecule has 31 heavy (non-hydrogen) atoms. The highest BCUT2D eigenvalue weighted by molar-refractivity contribution is 6.08. The van der Waals surface area contributed by atoms with Gasteiger partial charge in [-0.3, -0.25) is 9.59 Å². The Morgan fingerprint density at radius 2 is 1.52 bits per heavy atom. The van der Waals surface area contributed by atoms with Gasteiger partial charge in [0.2, 0.25) is 5.91 Å². The molecule has 0 aliphatic heterocycles. The number of carbonyl (C=O) groups is 2. The molecule has 0 bridgehead atoms. The third-order valence-corrected chi connectivity index (χ3v) is 4.42. The highest BCUT2D eigenvalue weighted by atomic mass is 16.5. The lowest BCUT2D eigenvalue weighted by atomic mass is 10.1. The highest BCUT2D eigenvalue weighted by Gasteiger charge is 2.13. The molecule has 0 fully saturated rings. The first-order valence-corrected chi connectivity index (χ1v) is 9.90. The van der Waals surface area contributed by atoms with Crippen molar-refractivity contribution in [3.05, 3.63) is 78.4 Å². The van der Waals surface area contributed by atoms with E-state index in [9.17, 15) is 9.59 Å². The van der Waals surface area contributed by atoms with Crippen LogP contribution in [0.1, 0.15) is 17.3 Å². The van der Waals surface area contributed by atoms with Gasteiger partial charge in [-0.1, -0.05) is 24.3 Å². The summed E-state index contributed by atoms with van der Waals surface area (Å²) in [6.07, 6.45) is 0. The van der Waals surface area contributed by atoms with Crippen LogP contribution in [-0.4, -0.2) is 32.1 Å². The lowest BCUT2D eigenvalue weighted by Gasteiger charge is -2.13. The predicted molar refractivity (Wildman–Crippen MR) is 122 cm³/mol. The fourth-order valence-corrected chi connectivity index (χ4v) is 2.95. The Bertz CT molecular complexity index is 1040. The van der Waals surface area contributed by atoms with Crippen LogP contribution in [0.2, 0.25) is 0 Å². The maximum atomic E-state index is 12.8. The SMILES string of the molecule is CCOc1ccc(NC(=O)c2ccccc2NCC(=O)Nc2ccccc2OC)cc1. The van der Waals surface area contributed by atoms with Crippen LogP contribution >= 0.6 is 0 Å². The Labute approximate surface area is 181 Å². The quantitative estimate of drug-likeness (QED) is 0.479. The second kappa shape index (κ2) is 10.7. The van der Waals surface area contributed by atoms with E-state index < -0.39 is 0 Å². The van der Waals surface area contributed by atoms with Crippen molar-refractivity contribution < 1.29 is 19.1 Å². The number of ether oxygens (including phenoxy) is 2. The molecule has 7 heteroatoms. The number of amides is 2. The summed E-state index contributed by atoms with van der Waals surface area (Å²) >= 11 is 0. The van der Waals surface area contributed by atoms with Gasteiger partial charge in [-0.2, -0.15) is 0 Å². The number of para-hydroxylation sites is 3. The van der Waals surface area contributed by atoms with E-state index in [0.29, 0.717) is 35.0 Å². The van der Waals surface area contributed by atoms with Gasteiger partial charge in [0.05, 0.1) is 31.5 Å². The molecule has 0 saturated heterocycles. The summed E-state index contributed by atoms with van der Waals surface area (Å²) in [5.74, 6) is 0.776. The van der Waals surface area contributed by atoms with Crippen molar-refractivity contribution in [3.8, 4) is 11.5 Å². The molecule has 0 radical (unpaired) electrons. The molecule has 160 valence electrons. The zero-order valence-electron chi connectivity index (χ0n) is 17.5. The maximum absolute atomic E-state index is 12.8. The number of methoxy groups -OCH3 is 1. The minimum Gasteiger partial charge on any atom is -0.495 e. The summed E-state index contributed by atoms with van der Waals surface area (Å²) in [7, 11) is 1.54. The molecule has 0 saturated carbocycles. The molecule has 3 aromatic carbocycles. The van der Waals surface area contributed by atoms with Crippen molar-refractivity contribution >= 4 is 28.9 Å². The Morgan fingerprint density at radius 3 is 2.23 bits per heavy atom. The molecule has 0 aliphatic carbocycles. The molecule has 3 rings (SSSR count). The van der Waals surface area contributed by atoms with Crippen LogP contribution in [-0.2, 0) is 4.79 Å². The zero-order valence-corrected chi connectivity index (χ0v) is 17.5. The second-order valence-corrected chi connectivity index (χ2v) is 6.56. The first kappa shape index (κ1) is 21.7. The lowest BCUT2D eigenvalue weighted by molar-refractivity contribution is -0.114. The van der Waals surface area contributed by atoms with E-state index in [-0.39, 0.29) is 18.4 Å². The van der Waals surface area contributed by atoms with Gasteiger partial charge in [0.1, 0.15) is 11.5 Å². The molecule has 3 aromatic rings. The van der Waals surface area contributed by atoms with Crippen LogP contribution < -0.4 is 25.4 Å². The van der Waals surface area contributed by atoms with E-state index in [1.54, 1.807) is 67.8 Å². The number of carbonyl (C=O) groups excluding carboxylic acids is 2. The maximum Gasteiger partial charge on any atom is 0.257 e. The van der Waals surface area contributed by atoms with Gasteiger partial charge in [-0.15, -0.1) is 0 Å². The van der Waals surface area contributed by atoms with Crippen LogP contribution in [0.25, 0.3) is 0 Å². The summed E-state index contributed by atoms with van der Waals surface area (Å²) in [6.45, 7) is 2.48. The van der Waals surface area contributed by atoms with Crippen molar-refractivity contribution in [2.45, 2.75) is 6.92 Å². The van der Waals surface area contributed by atoms with Crippen molar-refractivity contribution in [2.75, 3.05) is 36.2 Å². The monoisotopic (exact) mass is 419 g/mol. The highest BCUT2D eigenvalue weighted by Crippen LogP contribution is 2.23. The Hall–Kier alpha value is -4.00. The molecule has 0 unspecified atom stereocenters. The first-order valence-electron chi connectivity index (χ1n) is 9.90. The Balaban J connectivity index is 1.63. The van der Waals surface area contributed by atoms with Crippen LogP contribution in [0.5, 0.6) is 11.5 Å². The summed E-state index contributed by atoms with van der Waals surface area (Å²) < 4.78 is 10.7. The molecule has 7 nitrogen and oxygen atoms in total. The fraction of sp³-hybridized carbons (Fsp3) is 0.167. The van der Waals surface area contributed by atoms with Crippen molar-refractivity contribution in [1.82, 2.24) is 0 Å². The van der Waals surface area contributed by atoms with Gasteiger partial charge >= 0.3 is 0 Å². The number of hydrogen-bond donors (Lipinski definition) is 3. The van der Waals surface area contributed by atoms with Crippen LogP contribution in [0, 0.1) is 0 Å². The van der Waals surface area contributed by atoms with Crippen LogP contribution in [0.15, 0.2) is 72.8 Å². The molecular formula is C24H25N3O4. The molecule has 2 amide bonds. The van der Waals surface area contributed by atoms with Gasteiger partial charge in [0.25, 0.3) is 5.91 Å². The summed E-state index contributed by atoms with van der Waals surface area (Å²) in [5, 5.41) is 8.69. The van der Waals surface area contributed by atoms with Crippen molar-refractivity contribution in [3.63, 3.8) is 0 Å². The average molecular weight is 419 g/mol. The Kier molecular flexibility index (Phi) is 7.48. The number of anilines is 3. The normalized spacial score (nSPS) is 10.1. The molecule has 0 atom stereocenters.